The molecule has 22 heavy (non-hydrogen) atoms. The lowest BCUT2D eigenvalue weighted by Gasteiger charge is -2.17. The summed E-state index contributed by atoms with van der Waals surface area (Å²) in [6, 6.07) is 4.65. The summed E-state index contributed by atoms with van der Waals surface area (Å²) in [6.07, 6.45) is -4.15. The number of hydrogen-bond donors (Lipinski definition) is 0. The summed E-state index contributed by atoms with van der Waals surface area (Å²) in [7, 11) is 2.82. The average Bonchev–Trinajstić information content (AvgIpc) is 2.45. The lowest BCUT2D eigenvalue weighted by atomic mass is 10.2. The van der Waals surface area contributed by atoms with E-state index in [0.29, 0.717) is 13.0 Å². The minimum atomic E-state index is -4.77. The number of alkyl halides is 3. The summed E-state index contributed by atoms with van der Waals surface area (Å²) in [4.78, 5) is 24.4. The van der Waals surface area contributed by atoms with Gasteiger partial charge in [0.15, 0.2) is 0 Å². The summed E-state index contributed by atoms with van der Waals surface area (Å²) >= 11 is 0. The van der Waals surface area contributed by atoms with Gasteiger partial charge in [-0.15, -0.1) is 13.2 Å². The fraction of sp³-hybridized carbons (Fsp3) is 0.429. The molecule has 0 aromatic heterocycles. The predicted octanol–water partition coefficient (Wildman–Crippen LogP) is 2.61. The van der Waals surface area contributed by atoms with Crippen molar-refractivity contribution >= 4 is 11.9 Å². The van der Waals surface area contributed by atoms with E-state index in [0.717, 1.165) is 12.1 Å². The minimum absolute atomic E-state index is 0.187. The molecule has 8 heteroatoms. The standard InChI is InChI=1S/C14H16F3NO4/c1-18(9-3-4-12(19)21-2)13(20)10-5-7-11(8-6-10)22-14(15,16)17/h5-8H,3-4,9H2,1-2H3. The Morgan fingerprint density at radius 3 is 2.27 bits per heavy atom. The summed E-state index contributed by atoms with van der Waals surface area (Å²) in [5.41, 5.74) is 0.232. The van der Waals surface area contributed by atoms with Crippen LogP contribution in [0.4, 0.5) is 13.2 Å². The molecule has 0 aliphatic carbocycles. The van der Waals surface area contributed by atoms with Crippen LogP contribution in [0.25, 0.3) is 0 Å². The fourth-order valence-corrected chi connectivity index (χ4v) is 1.68. The molecule has 0 radical (unpaired) electrons. The number of carbonyl (C=O) groups is 2. The van der Waals surface area contributed by atoms with Gasteiger partial charge in [0.2, 0.25) is 0 Å². The molecule has 122 valence electrons. The highest BCUT2D eigenvalue weighted by atomic mass is 19.4. The minimum Gasteiger partial charge on any atom is -0.469 e. The molecule has 0 spiro atoms. The van der Waals surface area contributed by atoms with Crippen LogP contribution in [-0.4, -0.2) is 43.8 Å². The van der Waals surface area contributed by atoms with Gasteiger partial charge in [-0.2, -0.15) is 0 Å². The first kappa shape index (κ1) is 17.8. The molecule has 0 atom stereocenters. The third-order valence-electron chi connectivity index (χ3n) is 2.78. The van der Waals surface area contributed by atoms with Crippen molar-refractivity contribution in [1.29, 1.82) is 0 Å². The molecule has 1 rings (SSSR count). The Kier molecular flexibility index (Phi) is 6.21. The van der Waals surface area contributed by atoms with Gasteiger partial charge in [-0.1, -0.05) is 0 Å². The van der Waals surface area contributed by atoms with Crippen LogP contribution in [0.15, 0.2) is 24.3 Å². The Balaban J connectivity index is 2.56. The average molecular weight is 319 g/mol. The van der Waals surface area contributed by atoms with Crippen LogP contribution in [-0.2, 0) is 9.53 Å². The zero-order chi connectivity index (χ0) is 16.8. The van der Waals surface area contributed by atoms with E-state index in [9.17, 15) is 22.8 Å². The molecule has 0 bridgehead atoms. The molecule has 5 nitrogen and oxygen atoms in total. The SMILES string of the molecule is COC(=O)CCCN(C)C(=O)c1ccc(OC(F)(F)F)cc1. The van der Waals surface area contributed by atoms with Crippen molar-refractivity contribution in [1.82, 2.24) is 4.90 Å². The van der Waals surface area contributed by atoms with Gasteiger partial charge in [-0.25, -0.2) is 0 Å². The second-order valence-electron chi connectivity index (χ2n) is 4.48. The van der Waals surface area contributed by atoms with Crippen LogP contribution in [0.2, 0.25) is 0 Å². The zero-order valence-electron chi connectivity index (χ0n) is 12.1. The van der Waals surface area contributed by atoms with Crippen molar-refractivity contribution in [3.05, 3.63) is 29.8 Å². The van der Waals surface area contributed by atoms with E-state index < -0.39 is 12.1 Å². The number of esters is 1. The van der Waals surface area contributed by atoms with Gasteiger partial charge in [-0.05, 0) is 30.7 Å². The Labute approximate surface area is 125 Å². The number of methoxy groups -OCH3 is 1. The van der Waals surface area contributed by atoms with Crippen LogP contribution in [0.1, 0.15) is 23.2 Å². The van der Waals surface area contributed by atoms with Gasteiger partial charge in [0, 0.05) is 25.6 Å². The first-order valence-electron chi connectivity index (χ1n) is 6.41. The summed E-state index contributed by atoms with van der Waals surface area (Å²) in [6.45, 7) is 0.328. The summed E-state index contributed by atoms with van der Waals surface area (Å²) < 4.78 is 44.3. The van der Waals surface area contributed by atoms with Crippen LogP contribution >= 0.6 is 0 Å². The number of ether oxygens (including phenoxy) is 2. The van der Waals surface area contributed by atoms with Crippen LogP contribution in [0, 0.1) is 0 Å². The lowest BCUT2D eigenvalue weighted by Crippen LogP contribution is -2.28. The van der Waals surface area contributed by atoms with Crippen molar-refractivity contribution in [2.24, 2.45) is 0 Å². The maximum Gasteiger partial charge on any atom is 0.573 e. The summed E-state index contributed by atoms with van der Waals surface area (Å²) in [5, 5.41) is 0. The molecule has 0 N–H and O–H groups in total. The normalized spacial score (nSPS) is 11.0. The van der Waals surface area contributed by atoms with Gasteiger partial charge in [-0.3, -0.25) is 9.59 Å². The van der Waals surface area contributed by atoms with Gasteiger partial charge in [0.25, 0.3) is 5.91 Å². The molecular weight excluding hydrogens is 303 g/mol. The number of nitrogens with zero attached hydrogens (tertiary/aromatic N) is 1. The molecule has 1 aromatic rings. The van der Waals surface area contributed by atoms with E-state index in [1.165, 1.54) is 24.1 Å². The number of hydrogen-bond acceptors (Lipinski definition) is 4. The second kappa shape index (κ2) is 7.67. The van der Waals surface area contributed by atoms with Crippen LogP contribution in [0.3, 0.4) is 0 Å². The van der Waals surface area contributed by atoms with E-state index >= 15 is 0 Å². The lowest BCUT2D eigenvalue weighted by molar-refractivity contribution is -0.274. The van der Waals surface area contributed by atoms with E-state index in [1.807, 2.05) is 0 Å². The molecule has 0 aliphatic heterocycles. The Hall–Kier alpha value is -2.25. The highest BCUT2D eigenvalue weighted by molar-refractivity contribution is 5.94. The van der Waals surface area contributed by atoms with Crippen molar-refractivity contribution in [2.45, 2.75) is 19.2 Å². The Bertz CT molecular complexity index is 514. The van der Waals surface area contributed by atoms with E-state index in [2.05, 4.69) is 9.47 Å². The van der Waals surface area contributed by atoms with Gasteiger partial charge in [0.1, 0.15) is 5.75 Å². The molecule has 1 amide bonds. The van der Waals surface area contributed by atoms with Crippen LogP contribution in [0.5, 0.6) is 5.75 Å². The smallest absolute Gasteiger partial charge is 0.469 e. The quantitative estimate of drug-likeness (QED) is 0.756. The van der Waals surface area contributed by atoms with Crippen LogP contribution < -0.4 is 4.74 Å². The maximum atomic E-state index is 12.0. The van der Waals surface area contributed by atoms with E-state index in [-0.39, 0.29) is 23.9 Å². The molecule has 1 aromatic carbocycles. The maximum absolute atomic E-state index is 12.0. The van der Waals surface area contributed by atoms with E-state index in [4.69, 9.17) is 0 Å². The van der Waals surface area contributed by atoms with E-state index in [1.54, 1.807) is 7.05 Å². The highest BCUT2D eigenvalue weighted by Crippen LogP contribution is 2.23. The molecule has 0 heterocycles. The van der Waals surface area contributed by atoms with Crippen molar-refractivity contribution in [2.75, 3.05) is 20.7 Å². The third kappa shape index (κ3) is 6.02. The third-order valence-corrected chi connectivity index (χ3v) is 2.78. The molecular formula is C14H16F3NO4. The molecule has 0 unspecified atom stereocenters. The van der Waals surface area contributed by atoms with Crippen molar-refractivity contribution < 1.29 is 32.2 Å². The second-order valence-corrected chi connectivity index (χ2v) is 4.48. The van der Waals surface area contributed by atoms with Crippen molar-refractivity contribution in [3.8, 4) is 5.75 Å². The monoisotopic (exact) mass is 319 g/mol. The predicted molar refractivity (Wildman–Crippen MR) is 71.3 cm³/mol. The first-order valence-corrected chi connectivity index (χ1v) is 6.41. The highest BCUT2D eigenvalue weighted by Gasteiger charge is 2.31. The number of rotatable bonds is 6. The Morgan fingerprint density at radius 1 is 1.18 bits per heavy atom. The molecule has 0 aliphatic rings. The molecule has 0 saturated carbocycles. The summed E-state index contributed by atoms with van der Waals surface area (Å²) in [5.74, 6) is -1.12. The number of halogens is 3. The largest absolute Gasteiger partial charge is 0.573 e. The van der Waals surface area contributed by atoms with Gasteiger partial charge in [0.05, 0.1) is 7.11 Å². The number of amides is 1. The van der Waals surface area contributed by atoms with Gasteiger partial charge >= 0.3 is 12.3 Å². The molecule has 0 fully saturated rings. The Morgan fingerprint density at radius 2 is 1.77 bits per heavy atom. The number of benzene rings is 1. The molecule has 0 saturated heterocycles. The first-order chi connectivity index (χ1) is 10.2. The topological polar surface area (TPSA) is 55.8 Å². The zero-order valence-corrected chi connectivity index (χ0v) is 12.1. The fourth-order valence-electron chi connectivity index (χ4n) is 1.68. The van der Waals surface area contributed by atoms with Crippen molar-refractivity contribution in [3.63, 3.8) is 0 Å². The number of carbonyl (C=O) groups excluding carboxylic acids is 2. The van der Waals surface area contributed by atoms with Gasteiger partial charge < -0.3 is 14.4 Å².